The normalized spacial score (nSPS) is 19.5. The third-order valence-electron chi connectivity index (χ3n) is 7.09. The molecule has 1 heterocycles. The summed E-state index contributed by atoms with van der Waals surface area (Å²) in [4.78, 5) is 27.8. The van der Waals surface area contributed by atoms with Gasteiger partial charge in [-0.15, -0.1) is 12.4 Å². The standard InChI is InChI=1S/C27H35N3O4.ClH/c1-26(2,28)25(33)29-22(18-34-17-19-8-4-3-5-9-19)24(32)30-14-12-27(13-15-30)16-23(31)20-10-6-7-11-21(20)27;/h3-11,22-23,31H,12-18,28H2,1-2H3,(H,29,33);1H/t22-,23?;/m1./s1. The number of likely N-dealkylation sites (tertiary alicyclic amines) is 1. The summed E-state index contributed by atoms with van der Waals surface area (Å²) in [5, 5.41) is 13.4. The van der Waals surface area contributed by atoms with Crippen LogP contribution in [0.15, 0.2) is 54.6 Å². The second-order valence-corrected chi connectivity index (χ2v) is 10.2. The zero-order valence-electron chi connectivity index (χ0n) is 20.4. The average Bonchev–Trinajstić information content (AvgIpc) is 3.10. The number of piperidine rings is 1. The molecule has 8 heteroatoms. The van der Waals surface area contributed by atoms with Gasteiger partial charge in [-0.2, -0.15) is 0 Å². The van der Waals surface area contributed by atoms with Crippen LogP contribution in [0.4, 0.5) is 0 Å². The number of benzene rings is 2. The Morgan fingerprint density at radius 2 is 1.77 bits per heavy atom. The van der Waals surface area contributed by atoms with Gasteiger partial charge in [-0.25, -0.2) is 0 Å². The number of nitrogens with zero attached hydrogens (tertiary/aromatic N) is 1. The quantitative estimate of drug-likeness (QED) is 0.541. The van der Waals surface area contributed by atoms with Crippen LogP contribution >= 0.6 is 12.4 Å². The Morgan fingerprint density at radius 3 is 2.43 bits per heavy atom. The molecule has 2 aliphatic rings. The lowest BCUT2D eigenvalue weighted by Crippen LogP contribution is -2.59. The molecule has 1 unspecified atom stereocenters. The van der Waals surface area contributed by atoms with Crippen LogP contribution in [-0.2, 0) is 26.3 Å². The second kappa shape index (κ2) is 11.1. The van der Waals surface area contributed by atoms with E-state index in [9.17, 15) is 14.7 Å². The molecule has 7 nitrogen and oxygen atoms in total. The molecule has 2 atom stereocenters. The van der Waals surface area contributed by atoms with E-state index >= 15 is 0 Å². The fourth-order valence-electron chi connectivity index (χ4n) is 5.10. The summed E-state index contributed by atoms with van der Waals surface area (Å²) < 4.78 is 5.83. The summed E-state index contributed by atoms with van der Waals surface area (Å²) >= 11 is 0. The Balaban J connectivity index is 0.00000342. The smallest absolute Gasteiger partial charge is 0.247 e. The molecule has 1 saturated heterocycles. The minimum atomic E-state index is -1.10. The lowest BCUT2D eigenvalue weighted by atomic mass is 9.73. The van der Waals surface area contributed by atoms with Crippen molar-refractivity contribution < 1.29 is 19.4 Å². The molecule has 0 radical (unpaired) electrons. The number of nitrogens with one attached hydrogen (secondary N) is 1. The number of rotatable bonds is 7. The number of nitrogens with two attached hydrogens (primary N) is 1. The Morgan fingerprint density at radius 1 is 1.14 bits per heavy atom. The van der Waals surface area contributed by atoms with Crippen molar-refractivity contribution in [2.45, 2.75) is 62.8 Å². The maximum Gasteiger partial charge on any atom is 0.247 e. The molecule has 0 saturated carbocycles. The molecule has 1 spiro atoms. The van der Waals surface area contributed by atoms with E-state index in [-0.39, 0.29) is 30.3 Å². The van der Waals surface area contributed by atoms with Crippen LogP contribution < -0.4 is 11.1 Å². The van der Waals surface area contributed by atoms with Crippen LogP contribution in [0, 0.1) is 0 Å². The Kier molecular flexibility index (Phi) is 8.59. The number of carbonyl (C=O) groups excluding carboxylic acids is 2. The Labute approximate surface area is 213 Å². The maximum atomic E-state index is 13.5. The zero-order chi connectivity index (χ0) is 24.3. The van der Waals surface area contributed by atoms with Crippen molar-refractivity contribution in [3.8, 4) is 0 Å². The van der Waals surface area contributed by atoms with E-state index < -0.39 is 23.6 Å². The van der Waals surface area contributed by atoms with Crippen molar-refractivity contribution in [3.63, 3.8) is 0 Å². The van der Waals surface area contributed by atoms with Gasteiger partial charge in [0.25, 0.3) is 0 Å². The van der Waals surface area contributed by atoms with Crippen LogP contribution in [0.3, 0.4) is 0 Å². The van der Waals surface area contributed by atoms with Crippen molar-refractivity contribution in [2.24, 2.45) is 5.73 Å². The molecule has 1 aliphatic heterocycles. The van der Waals surface area contributed by atoms with Crippen LogP contribution in [0.2, 0.25) is 0 Å². The SMILES string of the molecule is CC(C)(N)C(=O)N[C@H](COCc1ccccc1)C(=O)N1CCC2(CC1)CC(O)c1ccccc12.Cl. The number of hydrogen-bond acceptors (Lipinski definition) is 5. The van der Waals surface area contributed by atoms with E-state index in [0.29, 0.717) is 26.1 Å². The summed E-state index contributed by atoms with van der Waals surface area (Å²) in [6.45, 7) is 4.78. The first kappa shape index (κ1) is 27.1. The van der Waals surface area contributed by atoms with Gasteiger partial charge in [-0.05, 0) is 49.8 Å². The van der Waals surface area contributed by atoms with E-state index in [1.807, 2.05) is 48.5 Å². The van der Waals surface area contributed by atoms with Crippen molar-refractivity contribution in [3.05, 3.63) is 71.3 Å². The summed E-state index contributed by atoms with van der Waals surface area (Å²) in [6.07, 6.45) is 1.79. The number of fused-ring (bicyclic) bond motifs is 2. The van der Waals surface area contributed by atoms with Gasteiger partial charge >= 0.3 is 0 Å². The first-order chi connectivity index (χ1) is 16.2. The molecule has 4 N–H and O–H groups in total. The van der Waals surface area contributed by atoms with Crippen LogP contribution in [0.5, 0.6) is 0 Å². The van der Waals surface area contributed by atoms with E-state index in [4.69, 9.17) is 10.5 Å². The highest BCUT2D eigenvalue weighted by atomic mass is 35.5. The number of aliphatic hydroxyl groups excluding tert-OH is 1. The van der Waals surface area contributed by atoms with Crippen LogP contribution in [0.25, 0.3) is 0 Å². The number of carbonyl (C=O) groups is 2. The second-order valence-electron chi connectivity index (χ2n) is 10.2. The fourth-order valence-corrected chi connectivity index (χ4v) is 5.10. The topological polar surface area (TPSA) is 105 Å². The molecular formula is C27H36ClN3O4. The summed E-state index contributed by atoms with van der Waals surface area (Å²) in [5.74, 6) is -0.553. The summed E-state index contributed by atoms with van der Waals surface area (Å²) in [5.41, 5.74) is 7.96. The lowest BCUT2D eigenvalue weighted by Gasteiger charge is -2.41. The van der Waals surface area contributed by atoms with E-state index in [1.54, 1.807) is 18.7 Å². The van der Waals surface area contributed by atoms with Gasteiger partial charge in [0, 0.05) is 18.5 Å². The van der Waals surface area contributed by atoms with Gasteiger partial charge in [0.1, 0.15) is 6.04 Å². The van der Waals surface area contributed by atoms with Crippen molar-refractivity contribution >= 4 is 24.2 Å². The average molecular weight is 502 g/mol. The van der Waals surface area contributed by atoms with Crippen LogP contribution in [-0.4, -0.2) is 53.1 Å². The Hall–Kier alpha value is -2.45. The van der Waals surface area contributed by atoms with E-state index in [2.05, 4.69) is 11.4 Å². The number of halogens is 1. The van der Waals surface area contributed by atoms with Gasteiger partial charge in [0.15, 0.2) is 0 Å². The predicted molar refractivity (Wildman–Crippen MR) is 137 cm³/mol. The Bertz CT molecular complexity index is 1020. The minimum Gasteiger partial charge on any atom is -0.388 e. The van der Waals surface area contributed by atoms with E-state index in [1.165, 1.54) is 5.56 Å². The molecule has 2 amide bonds. The van der Waals surface area contributed by atoms with Gasteiger partial charge in [0.2, 0.25) is 11.8 Å². The number of ether oxygens (including phenoxy) is 1. The predicted octanol–water partition coefficient (Wildman–Crippen LogP) is 2.84. The lowest BCUT2D eigenvalue weighted by molar-refractivity contribution is -0.140. The zero-order valence-corrected chi connectivity index (χ0v) is 21.2. The molecule has 0 aromatic heterocycles. The first-order valence-electron chi connectivity index (χ1n) is 12.0. The fraction of sp³-hybridized carbons (Fsp3) is 0.481. The van der Waals surface area contributed by atoms with E-state index in [0.717, 1.165) is 24.0 Å². The highest BCUT2D eigenvalue weighted by molar-refractivity contribution is 5.91. The molecular weight excluding hydrogens is 466 g/mol. The first-order valence-corrected chi connectivity index (χ1v) is 12.0. The number of hydrogen-bond donors (Lipinski definition) is 3. The van der Waals surface area contributed by atoms with Gasteiger partial charge in [-0.3, -0.25) is 9.59 Å². The molecule has 190 valence electrons. The van der Waals surface area contributed by atoms with Crippen molar-refractivity contribution in [1.29, 1.82) is 0 Å². The van der Waals surface area contributed by atoms with Crippen LogP contribution in [0.1, 0.15) is 55.9 Å². The largest absolute Gasteiger partial charge is 0.388 e. The third-order valence-corrected chi connectivity index (χ3v) is 7.09. The van der Waals surface area contributed by atoms with Crippen molar-refractivity contribution in [2.75, 3.05) is 19.7 Å². The molecule has 2 aromatic carbocycles. The van der Waals surface area contributed by atoms with Gasteiger partial charge in [0.05, 0.1) is 24.9 Å². The monoisotopic (exact) mass is 501 g/mol. The highest BCUT2D eigenvalue weighted by Gasteiger charge is 2.46. The number of aliphatic hydroxyl groups is 1. The molecule has 2 aromatic rings. The third kappa shape index (κ3) is 6.04. The summed E-state index contributed by atoms with van der Waals surface area (Å²) in [6, 6.07) is 17.0. The minimum absolute atomic E-state index is 0. The van der Waals surface area contributed by atoms with Gasteiger partial charge in [-0.1, -0.05) is 54.6 Å². The number of amides is 2. The van der Waals surface area contributed by atoms with Gasteiger partial charge < -0.3 is 25.8 Å². The molecule has 1 fully saturated rings. The van der Waals surface area contributed by atoms with Crippen molar-refractivity contribution in [1.82, 2.24) is 10.2 Å². The molecule has 1 aliphatic carbocycles. The molecule has 0 bridgehead atoms. The maximum absolute atomic E-state index is 13.5. The molecule has 4 rings (SSSR count). The molecule has 35 heavy (non-hydrogen) atoms. The highest BCUT2D eigenvalue weighted by Crippen LogP contribution is 2.50. The summed E-state index contributed by atoms with van der Waals surface area (Å²) in [7, 11) is 0.